The third-order valence-corrected chi connectivity index (χ3v) is 2.90. The summed E-state index contributed by atoms with van der Waals surface area (Å²) in [6, 6.07) is 12.7. The van der Waals surface area contributed by atoms with Crippen LogP contribution in [-0.2, 0) is 0 Å². The molecule has 0 bridgehead atoms. The largest absolute Gasteiger partial charge is 0.332 e. The highest BCUT2D eigenvalue weighted by Crippen LogP contribution is 2.15. The molecule has 98 valence electrons. The lowest BCUT2D eigenvalue weighted by molar-refractivity contribution is 0.619. The van der Waals surface area contributed by atoms with E-state index in [0.717, 1.165) is 16.9 Å². The summed E-state index contributed by atoms with van der Waals surface area (Å²) in [6.45, 7) is 3.74. The van der Waals surface area contributed by atoms with Crippen LogP contribution in [0.1, 0.15) is 11.1 Å². The summed E-state index contributed by atoms with van der Waals surface area (Å²) < 4.78 is 13.2. The fraction of sp³-hybridized carbons (Fsp3) is 0.133. The normalized spacial score (nSPS) is 10.1. The highest BCUT2D eigenvalue weighted by molar-refractivity contribution is 7.80. The maximum absolute atomic E-state index is 13.2. The van der Waals surface area contributed by atoms with Crippen LogP contribution >= 0.6 is 12.2 Å². The van der Waals surface area contributed by atoms with Crippen molar-refractivity contribution < 1.29 is 4.39 Å². The van der Waals surface area contributed by atoms with Crippen LogP contribution in [-0.4, -0.2) is 5.11 Å². The molecule has 0 radical (unpaired) electrons. The van der Waals surface area contributed by atoms with Gasteiger partial charge in [0.25, 0.3) is 0 Å². The van der Waals surface area contributed by atoms with Crippen molar-refractivity contribution in [3.63, 3.8) is 0 Å². The Kier molecular flexibility index (Phi) is 4.12. The Bertz CT molecular complexity index is 611. The lowest BCUT2D eigenvalue weighted by Crippen LogP contribution is -2.19. The highest BCUT2D eigenvalue weighted by Gasteiger charge is 2.02. The van der Waals surface area contributed by atoms with Crippen LogP contribution in [0.3, 0.4) is 0 Å². The quantitative estimate of drug-likeness (QED) is 0.800. The predicted octanol–water partition coefficient (Wildman–Crippen LogP) is 4.25. The zero-order chi connectivity index (χ0) is 13.8. The van der Waals surface area contributed by atoms with Crippen molar-refractivity contribution >= 4 is 28.7 Å². The molecule has 0 aliphatic carbocycles. The Morgan fingerprint density at radius 3 is 2.32 bits per heavy atom. The van der Waals surface area contributed by atoms with Gasteiger partial charge in [0.1, 0.15) is 5.82 Å². The van der Waals surface area contributed by atoms with Crippen molar-refractivity contribution in [2.45, 2.75) is 13.8 Å². The number of anilines is 2. The van der Waals surface area contributed by atoms with Gasteiger partial charge in [-0.05, 0) is 67.5 Å². The van der Waals surface area contributed by atoms with E-state index >= 15 is 0 Å². The van der Waals surface area contributed by atoms with Crippen LogP contribution in [0.25, 0.3) is 0 Å². The molecule has 19 heavy (non-hydrogen) atoms. The molecule has 0 heterocycles. The second-order valence-corrected chi connectivity index (χ2v) is 4.82. The lowest BCUT2D eigenvalue weighted by atomic mass is 10.2. The second-order valence-electron chi connectivity index (χ2n) is 4.41. The summed E-state index contributed by atoms with van der Waals surface area (Å²) in [5, 5.41) is 6.61. The first-order valence-electron chi connectivity index (χ1n) is 5.95. The van der Waals surface area contributed by atoms with Crippen LogP contribution in [0.5, 0.6) is 0 Å². The van der Waals surface area contributed by atoms with E-state index in [0.29, 0.717) is 10.7 Å². The van der Waals surface area contributed by atoms with Gasteiger partial charge in [-0.1, -0.05) is 12.1 Å². The first kappa shape index (κ1) is 13.5. The molecule has 0 amide bonds. The molecule has 0 saturated carbocycles. The summed E-state index contributed by atoms with van der Waals surface area (Å²) in [5.74, 6) is -0.219. The van der Waals surface area contributed by atoms with E-state index in [1.807, 2.05) is 31.2 Å². The Balaban J connectivity index is 2.03. The van der Waals surface area contributed by atoms with E-state index in [1.54, 1.807) is 19.1 Å². The van der Waals surface area contributed by atoms with Crippen LogP contribution in [0, 0.1) is 19.7 Å². The fourth-order valence-electron chi connectivity index (χ4n) is 1.74. The van der Waals surface area contributed by atoms with Crippen molar-refractivity contribution in [2.24, 2.45) is 0 Å². The Morgan fingerprint density at radius 1 is 1.00 bits per heavy atom. The first-order valence-corrected chi connectivity index (χ1v) is 6.36. The van der Waals surface area contributed by atoms with E-state index < -0.39 is 0 Å². The monoisotopic (exact) mass is 274 g/mol. The maximum Gasteiger partial charge on any atom is 0.175 e. The number of rotatable bonds is 2. The summed E-state index contributed by atoms with van der Waals surface area (Å²) in [6.07, 6.45) is 0. The van der Waals surface area contributed by atoms with Gasteiger partial charge < -0.3 is 10.6 Å². The molecular formula is C15H15FN2S. The smallest absolute Gasteiger partial charge is 0.175 e. The fourth-order valence-corrected chi connectivity index (χ4v) is 1.97. The molecule has 0 aliphatic heterocycles. The highest BCUT2D eigenvalue weighted by atomic mass is 32.1. The van der Waals surface area contributed by atoms with Gasteiger partial charge in [-0.15, -0.1) is 0 Å². The molecule has 0 saturated heterocycles. The number of aryl methyl sites for hydroxylation is 2. The average molecular weight is 274 g/mol. The molecule has 2 rings (SSSR count). The maximum atomic E-state index is 13.2. The van der Waals surface area contributed by atoms with Crippen molar-refractivity contribution in [2.75, 3.05) is 10.6 Å². The molecule has 2 nitrogen and oxygen atoms in total. The van der Waals surface area contributed by atoms with E-state index in [2.05, 4.69) is 10.6 Å². The van der Waals surface area contributed by atoms with E-state index in [9.17, 15) is 4.39 Å². The van der Waals surface area contributed by atoms with Gasteiger partial charge in [0, 0.05) is 11.4 Å². The molecule has 0 atom stereocenters. The van der Waals surface area contributed by atoms with E-state index in [1.165, 1.54) is 6.07 Å². The predicted molar refractivity (Wildman–Crippen MR) is 82.2 cm³/mol. The minimum Gasteiger partial charge on any atom is -0.332 e. The van der Waals surface area contributed by atoms with Crippen LogP contribution in [0.4, 0.5) is 15.8 Å². The number of benzene rings is 2. The molecular weight excluding hydrogens is 259 g/mol. The van der Waals surface area contributed by atoms with Gasteiger partial charge in [-0.2, -0.15) is 0 Å². The van der Waals surface area contributed by atoms with Gasteiger partial charge in [0.05, 0.1) is 0 Å². The Labute approximate surface area is 117 Å². The molecule has 2 aromatic carbocycles. The second kappa shape index (κ2) is 5.80. The molecule has 0 fully saturated rings. The Hall–Kier alpha value is -1.94. The summed E-state index contributed by atoms with van der Waals surface area (Å²) in [4.78, 5) is 0. The number of halogens is 1. The topological polar surface area (TPSA) is 24.1 Å². The van der Waals surface area contributed by atoms with Crippen LogP contribution in [0.15, 0.2) is 42.5 Å². The van der Waals surface area contributed by atoms with Crippen molar-refractivity contribution in [1.29, 1.82) is 0 Å². The molecule has 2 aromatic rings. The van der Waals surface area contributed by atoms with E-state index in [4.69, 9.17) is 12.2 Å². The molecule has 4 heteroatoms. The molecule has 0 unspecified atom stereocenters. The summed E-state index contributed by atoms with van der Waals surface area (Å²) in [5.41, 5.74) is 3.44. The van der Waals surface area contributed by atoms with Crippen LogP contribution < -0.4 is 10.6 Å². The molecule has 0 spiro atoms. The standard InChI is InChI=1S/C15H15FN2S/c1-10-4-3-5-12(8-10)17-15(19)18-13-6-7-14(16)11(2)9-13/h3-9H,1-2H3,(H2,17,18,19). The van der Waals surface area contributed by atoms with Gasteiger partial charge in [0.15, 0.2) is 5.11 Å². The minimum absolute atomic E-state index is 0.219. The SMILES string of the molecule is Cc1cccc(NC(=S)Nc2ccc(F)c(C)c2)c1. The van der Waals surface area contributed by atoms with Crippen molar-refractivity contribution in [3.8, 4) is 0 Å². The molecule has 2 N–H and O–H groups in total. The number of hydrogen-bond donors (Lipinski definition) is 2. The summed E-state index contributed by atoms with van der Waals surface area (Å²) in [7, 11) is 0. The van der Waals surface area contributed by atoms with Gasteiger partial charge >= 0.3 is 0 Å². The third kappa shape index (κ3) is 3.76. The minimum atomic E-state index is -0.219. The Morgan fingerprint density at radius 2 is 1.68 bits per heavy atom. The van der Waals surface area contributed by atoms with Crippen LogP contribution in [0.2, 0.25) is 0 Å². The first-order chi connectivity index (χ1) is 9.04. The summed E-state index contributed by atoms with van der Waals surface area (Å²) >= 11 is 5.22. The van der Waals surface area contributed by atoms with Crippen molar-refractivity contribution in [3.05, 3.63) is 59.4 Å². The average Bonchev–Trinajstić information content (AvgIpc) is 2.34. The zero-order valence-electron chi connectivity index (χ0n) is 10.8. The third-order valence-electron chi connectivity index (χ3n) is 2.69. The van der Waals surface area contributed by atoms with E-state index in [-0.39, 0.29) is 5.82 Å². The number of thiocarbonyl (C=S) groups is 1. The lowest BCUT2D eigenvalue weighted by Gasteiger charge is -2.11. The number of nitrogens with one attached hydrogen (secondary N) is 2. The molecule has 0 aliphatic rings. The number of hydrogen-bond acceptors (Lipinski definition) is 1. The van der Waals surface area contributed by atoms with Gasteiger partial charge in [0.2, 0.25) is 0 Å². The van der Waals surface area contributed by atoms with Gasteiger partial charge in [-0.25, -0.2) is 4.39 Å². The van der Waals surface area contributed by atoms with Gasteiger partial charge in [-0.3, -0.25) is 0 Å². The molecule has 0 aromatic heterocycles. The zero-order valence-corrected chi connectivity index (χ0v) is 11.6. The van der Waals surface area contributed by atoms with Crippen molar-refractivity contribution in [1.82, 2.24) is 0 Å².